The molecule has 128 valence electrons. The lowest BCUT2D eigenvalue weighted by atomic mass is 9.95. The predicted molar refractivity (Wildman–Crippen MR) is 99.4 cm³/mol. The lowest BCUT2D eigenvalue weighted by Gasteiger charge is -2.35. The largest absolute Gasteiger partial charge is 0.370 e. The zero-order chi connectivity index (χ0) is 17.1. The number of anilines is 1. The average molecular weight is 325 g/mol. The monoisotopic (exact) mass is 325 g/mol. The molecule has 4 heteroatoms. The van der Waals surface area contributed by atoms with Gasteiger partial charge >= 0.3 is 0 Å². The summed E-state index contributed by atoms with van der Waals surface area (Å²) in [5, 5.41) is 1.19. The van der Waals surface area contributed by atoms with E-state index >= 15 is 0 Å². The van der Waals surface area contributed by atoms with Gasteiger partial charge in [0.05, 0.1) is 11.4 Å². The first-order chi connectivity index (χ1) is 11.6. The quantitative estimate of drug-likeness (QED) is 0.863. The fourth-order valence-electron chi connectivity index (χ4n) is 3.62. The second-order valence-corrected chi connectivity index (χ2v) is 6.92. The Balaban J connectivity index is 1.96. The van der Waals surface area contributed by atoms with Gasteiger partial charge in [-0.2, -0.15) is 0 Å². The lowest BCUT2D eigenvalue weighted by Crippen LogP contribution is -2.42. The van der Waals surface area contributed by atoms with E-state index in [1.54, 1.807) is 4.90 Å². The molecule has 1 aromatic carbocycles. The van der Waals surface area contributed by atoms with Crippen LogP contribution in [0.15, 0.2) is 30.3 Å². The fourth-order valence-corrected chi connectivity index (χ4v) is 3.62. The molecular formula is C20H27N3O. The average Bonchev–Trinajstić information content (AvgIpc) is 2.60. The first kappa shape index (κ1) is 16.7. The molecule has 0 radical (unpaired) electrons. The third-order valence-electron chi connectivity index (χ3n) is 4.81. The number of fused-ring (bicyclic) bond motifs is 1. The molecule has 0 saturated carbocycles. The maximum absolute atomic E-state index is 12.4. The zero-order valence-electron chi connectivity index (χ0n) is 15.0. The van der Waals surface area contributed by atoms with E-state index in [2.05, 4.69) is 36.1 Å². The molecule has 1 saturated heterocycles. The van der Waals surface area contributed by atoms with Gasteiger partial charge in [-0.1, -0.05) is 31.5 Å². The van der Waals surface area contributed by atoms with Crippen LogP contribution in [0.1, 0.15) is 31.9 Å². The molecule has 24 heavy (non-hydrogen) atoms. The van der Waals surface area contributed by atoms with Gasteiger partial charge in [-0.05, 0) is 31.4 Å². The highest BCUT2D eigenvalue weighted by molar-refractivity contribution is 5.92. The number of hydrogen-bond acceptors (Lipinski definition) is 3. The topological polar surface area (TPSA) is 36.4 Å². The molecule has 1 aromatic heterocycles. The number of carbonyl (C=O) groups is 1. The smallest absolute Gasteiger partial charge is 0.226 e. The van der Waals surface area contributed by atoms with E-state index in [9.17, 15) is 4.79 Å². The Morgan fingerprint density at radius 2 is 2.12 bits per heavy atom. The summed E-state index contributed by atoms with van der Waals surface area (Å²) < 4.78 is 0. The summed E-state index contributed by atoms with van der Waals surface area (Å²) in [6.45, 7) is 4.00. The van der Waals surface area contributed by atoms with Gasteiger partial charge in [0.15, 0.2) is 0 Å². The summed E-state index contributed by atoms with van der Waals surface area (Å²) in [6, 6.07) is 10.6. The standard InChI is InChI=1S/C20H27N3O/c1-4-8-16-13-19(17-10-5-6-11-18(17)21-16)23-12-7-9-15(14-23)20(24)22(2)3/h5-6,10-11,13,15H,4,7-9,12,14H2,1-3H3. The molecule has 0 aliphatic carbocycles. The molecule has 2 heterocycles. The maximum atomic E-state index is 12.4. The van der Waals surface area contributed by atoms with Gasteiger partial charge in [0.1, 0.15) is 0 Å². The maximum Gasteiger partial charge on any atom is 0.226 e. The number of benzene rings is 1. The number of carbonyl (C=O) groups excluding carboxylic acids is 1. The Bertz CT molecular complexity index is 726. The third-order valence-corrected chi connectivity index (χ3v) is 4.81. The minimum atomic E-state index is 0.0929. The minimum Gasteiger partial charge on any atom is -0.370 e. The number of nitrogens with zero attached hydrogens (tertiary/aromatic N) is 3. The van der Waals surface area contributed by atoms with Gasteiger partial charge in [0.25, 0.3) is 0 Å². The Morgan fingerprint density at radius 3 is 2.88 bits per heavy atom. The van der Waals surface area contributed by atoms with Gasteiger partial charge in [0, 0.05) is 44.0 Å². The van der Waals surface area contributed by atoms with Gasteiger partial charge in [0.2, 0.25) is 5.91 Å². The number of aryl methyl sites for hydroxylation is 1. The molecule has 1 aliphatic heterocycles. The Labute approximate surface area is 144 Å². The Morgan fingerprint density at radius 1 is 1.33 bits per heavy atom. The number of rotatable bonds is 4. The van der Waals surface area contributed by atoms with Crippen molar-refractivity contribution in [3.8, 4) is 0 Å². The molecule has 1 unspecified atom stereocenters. The summed E-state index contributed by atoms with van der Waals surface area (Å²) >= 11 is 0. The summed E-state index contributed by atoms with van der Waals surface area (Å²) in [5.41, 5.74) is 3.44. The number of piperidine rings is 1. The van der Waals surface area contributed by atoms with Crippen LogP contribution in [0.25, 0.3) is 10.9 Å². The molecule has 1 fully saturated rings. The number of amides is 1. The van der Waals surface area contributed by atoms with Crippen LogP contribution < -0.4 is 4.90 Å². The molecule has 0 spiro atoms. The van der Waals surface area contributed by atoms with E-state index in [4.69, 9.17) is 4.98 Å². The van der Waals surface area contributed by atoms with Crippen LogP contribution in [0.4, 0.5) is 5.69 Å². The molecule has 3 rings (SSSR count). The SMILES string of the molecule is CCCc1cc(N2CCCC(C(=O)N(C)C)C2)c2ccccc2n1. The van der Waals surface area contributed by atoms with Crippen LogP contribution in [0.5, 0.6) is 0 Å². The highest BCUT2D eigenvalue weighted by Crippen LogP contribution is 2.31. The molecule has 1 atom stereocenters. The zero-order valence-corrected chi connectivity index (χ0v) is 15.0. The van der Waals surface area contributed by atoms with Crippen LogP contribution in [0.3, 0.4) is 0 Å². The van der Waals surface area contributed by atoms with Crippen molar-refractivity contribution < 1.29 is 4.79 Å². The number of aromatic nitrogens is 1. The van der Waals surface area contributed by atoms with Gasteiger partial charge < -0.3 is 9.80 Å². The third kappa shape index (κ3) is 3.37. The van der Waals surface area contributed by atoms with E-state index in [0.29, 0.717) is 0 Å². The molecule has 1 amide bonds. The van der Waals surface area contributed by atoms with E-state index in [-0.39, 0.29) is 11.8 Å². The predicted octanol–water partition coefficient (Wildman–Crippen LogP) is 3.49. The van der Waals surface area contributed by atoms with Crippen LogP contribution in [0.2, 0.25) is 0 Å². The number of para-hydroxylation sites is 1. The lowest BCUT2D eigenvalue weighted by molar-refractivity contribution is -0.133. The normalized spacial score (nSPS) is 18.0. The second kappa shape index (κ2) is 7.20. The van der Waals surface area contributed by atoms with Crippen molar-refractivity contribution in [2.75, 3.05) is 32.1 Å². The first-order valence-corrected chi connectivity index (χ1v) is 8.95. The van der Waals surface area contributed by atoms with Crippen LogP contribution in [-0.2, 0) is 11.2 Å². The van der Waals surface area contributed by atoms with E-state index in [0.717, 1.165) is 50.0 Å². The van der Waals surface area contributed by atoms with Crippen LogP contribution in [0, 0.1) is 5.92 Å². The van der Waals surface area contributed by atoms with Crippen LogP contribution >= 0.6 is 0 Å². The van der Waals surface area contributed by atoms with Crippen molar-refractivity contribution in [1.29, 1.82) is 0 Å². The van der Waals surface area contributed by atoms with Crippen LogP contribution in [-0.4, -0.2) is 43.0 Å². The molecule has 2 aromatic rings. The van der Waals surface area contributed by atoms with Gasteiger partial charge in [-0.3, -0.25) is 9.78 Å². The molecular weight excluding hydrogens is 298 g/mol. The Hall–Kier alpha value is -2.10. The van der Waals surface area contributed by atoms with E-state index < -0.39 is 0 Å². The summed E-state index contributed by atoms with van der Waals surface area (Å²) in [4.78, 5) is 21.3. The number of hydrogen-bond donors (Lipinski definition) is 0. The second-order valence-electron chi connectivity index (χ2n) is 6.92. The molecule has 0 N–H and O–H groups in total. The fraction of sp³-hybridized carbons (Fsp3) is 0.500. The van der Waals surface area contributed by atoms with Crippen molar-refractivity contribution in [1.82, 2.24) is 9.88 Å². The highest BCUT2D eigenvalue weighted by atomic mass is 16.2. The van der Waals surface area contributed by atoms with Crippen molar-refractivity contribution in [2.24, 2.45) is 5.92 Å². The summed E-state index contributed by atoms with van der Waals surface area (Å²) in [6.07, 6.45) is 4.13. The first-order valence-electron chi connectivity index (χ1n) is 8.95. The molecule has 4 nitrogen and oxygen atoms in total. The van der Waals surface area contributed by atoms with E-state index in [1.807, 2.05) is 20.2 Å². The highest BCUT2D eigenvalue weighted by Gasteiger charge is 2.28. The number of pyridine rings is 1. The van der Waals surface area contributed by atoms with Gasteiger partial charge in [-0.15, -0.1) is 0 Å². The summed E-state index contributed by atoms with van der Waals surface area (Å²) in [7, 11) is 3.70. The van der Waals surface area contributed by atoms with Crippen molar-refractivity contribution in [3.63, 3.8) is 0 Å². The van der Waals surface area contributed by atoms with Crippen molar-refractivity contribution >= 4 is 22.5 Å². The van der Waals surface area contributed by atoms with Crippen molar-refractivity contribution in [2.45, 2.75) is 32.6 Å². The Kier molecular flexibility index (Phi) is 5.03. The van der Waals surface area contributed by atoms with Crippen molar-refractivity contribution in [3.05, 3.63) is 36.0 Å². The molecule has 1 aliphatic rings. The minimum absolute atomic E-state index is 0.0929. The molecule has 0 bridgehead atoms. The summed E-state index contributed by atoms with van der Waals surface area (Å²) in [5.74, 6) is 0.335. The van der Waals surface area contributed by atoms with E-state index in [1.165, 1.54) is 11.1 Å². The van der Waals surface area contributed by atoms with Gasteiger partial charge in [-0.25, -0.2) is 0 Å².